The van der Waals surface area contributed by atoms with E-state index >= 15 is 0 Å². The van der Waals surface area contributed by atoms with E-state index in [1.807, 2.05) is 30.3 Å². The molecule has 1 aromatic carbocycles. The van der Waals surface area contributed by atoms with E-state index in [0.717, 1.165) is 5.56 Å². The lowest BCUT2D eigenvalue weighted by atomic mass is 10.2. The summed E-state index contributed by atoms with van der Waals surface area (Å²) in [7, 11) is 0. The van der Waals surface area contributed by atoms with Gasteiger partial charge in [0.05, 0.1) is 5.57 Å². The fourth-order valence-electron chi connectivity index (χ4n) is 1.08. The van der Waals surface area contributed by atoms with Gasteiger partial charge in [-0.25, -0.2) is 4.79 Å². The Hall–Kier alpha value is -2.54. The SMILES string of the molecule is NC(=O)C1=COOC1.NC(=O)OCc1ccccc1. The first-order chi connectivity index (χ1) is 9.09. The summed E-state index contributed by atoms with van der Waals surface area (Å²) >= 11 is 0. The molecule has 0 atom stereocenters. The average Bonchev–Trinajstić information content (AvgIpc) is 2.92. The molecule has 7 nitrogen and oxygen atoms in total. The predicted molar refractivity (Wildman–Crippen MR) is 65.1 cm³/mol. The summed E-state index contributed by atoms with van der Waals surface area (Å²) in [6.45, 7) is 0.408. The third kappa shape index (κ3) is 6.08. The molecule has 1 aliphatic heterocycles. The number of carbonyl (C=O) groups is 2. The molecule has 0 spiro atoms. The van der Waals surface area contributed by atoms with Crippen LogP contribution in [-0.4, -0.2) is 18.6 Å². The summed E-state index contributed by atoms with van der Waals surface area (Å²) in [5.74, 6) is -0.498. The lowest BCUT2D eigenvalue weighted by Gasteiger charge is -1.99. The normalized spacial score (nSPS) is 12.5. The minimum absolute atomic E-state index is 0.162. The molecular formula is C12H14N2O5. The van der Waals surface area contributed by atoms with Gasteiger partial charge in [0.15, 0.2) is 0 Å². The zero-order valence-electron chi connectivity index (χ0n) is 10.1. The number of nitrogens with two attached hydrogens (primary N) is 2. The molecular weight excluding hydrogens is 252 g/mol. The van der Waals surface area contributed by atoms with Crippen molar-refractivity contribution >= 4 is 12.0 Å². The number of hydrogen-bond acceptors (Lipinski definition) is 5. The van der Waals surface area contributed by atoms with Gasteiger partial charge in [0, 0.05) is 0 Å². The Morgan fingerprint density at radius 3 is 2.32 bits per heavy atom. The van der Waals surface area contributed by atoms with Gasteiger partial charge in [-0.3, -0.25) is 4.79 Å². The Bertz CT molecular complexity index is 458. The number of ether oxygens (including phenoxy) is 1. The topological polar surface area (TPSA) is 114 Å². The van der Waals surface area contributed by atoms with E-state index in [0.29, 0.717) is 5.57 Å². The third-order valence-electron chi connectivity index (χ3n) is 2.01. The van der Waals surface area contributed by atoms with Gasteiger partial charge in [0.1, 0.15) is 19.5 Å². The van der Waals surface area contributed by atoms with E-state index in [1.54, 1.807) is 0 Å². The lowest BCUT2D eigenvalue weighted by Crippen LogP contribution is -2.14. The first kappa shape index (κ1) is 14.5. The van der Waals surface area contributed by atoms with Gasteiger partial charge < -0.3 is 21.1 Å². The molecule has 0 saturated heterocycles. The Morgan fingerprint density at radius 1 is 1.21 bits per heavy atom. The van der Waals surface area contributed by atoms with Crippen LogP contribution in [0, 0.1) is 0 Å². The van der Waals surface area contributed by atoms with E-state index < -0.39 is 12.0 Å². The van der Waals surface area contributed by atoms with Crippen LogP contribution in [0.1, 0.15) is 5.56 Å². The van der Waals surface area contributed by atoms with Crippen LogP contribution in [-0.2, 0) is 25.9 Å². The lowest BCUT2D eigenvalue weighted by molar-refractivity contribution is -0.221. The molecule has 0 fully saturated rings. The molecule has 1 heterocycles. The number of rotatable bonds is 3. The highest BCUT2D eigenvalue weighted by Crippen LogP contribution is 2.03. The van der Waals surface area contributed by atoms with Crippen molar-refractivity contribution in [2.75, 3.05) is 6.61 Å². The number of primary amides is 2. The number of amides is 2. The molecule has 0 aliphatic carbocycles. The van der Waals surface area contributed by atoms with Crippen LogP contribution in [0.2, 0.25) is 0 Å². The molecule has 1 aliphatic rings. The van der Waals surface area contributed by atoms with Gasteiger partial charge in [-0.05, 0) is 5.56 Å². The van der Waals surface area contributed by atoms with E-state index in [-0.39, 0.29) is 13.2 Å². The van der Waals surface area contributed by atoms with Crippen LogP contribution in [0.15, 0.2) is 42.2 Å². The second kappa shape index (κ2) is 7.72. The van der Waals surface area contributed by atoms with Crippen molar-refractivity contribution < 1.29 is 24.1 Å². The summed E-state index contributed by atoms with van der Waals surface area (Å²) in [4.78, 5) is 28.9. The molecule has 0 aromatic heterocycles. The first-order valence-electron chi connectivity index (χ1n) is 5.33. The Kier molecular flexibility index (Phi) is 5.90. The van der Waals surface area contributed by atoms with E-state index in [2.05, 4.69) is 14.5 Å². The zero-order chi connectivity index (χ0) is 14.1. The highest BCUT2D eigenvalue weighted by atomic mass is 17.2. The second-order valence-electron chi connectivity index (χ2n) is 3.46. The van der Waals surface area contributed by atoms with Crippen molar-refractivity contribution in [3.8, 4) is 0 Å². The largest absolute Gasteiger partial charge is 0.445 e. The van der Waals surface area contributed by atoms with E-state index in [1.165, 1.54) is 6.26 Å². The minimum Gasteiger partial charge on any atom is -0.445 e. The number of benzene rings is 1. The maximum atomic E-state index is 10.2. The van der Waals surface area contributed by atoms with Crippen LogP contribution in [0.5, 0.6) is 0 Å². The second-order valence-corrected chi connectivity index (χ2v) is 3.46. The van der Waals surface area contributed by atoms with Crippen LogP contribution >= 0.6 is 0 Å². The fourth-order valence-corrected chi connectivity index (χ4v) is 1.08. The molecule has 2 rings (SSSR count). The average molecular weight is 266 g/mol. The molecule has 1 aromatic rings. The van der Waals surface area contributed by atoms with Gasteiger partial charge in [0.2, 0.25) is 5.91 Å². The van der Waals surface area contributed by atoms with Crippen molar-refractivity contribution in [2.45, 2.75) is 6.61 Å². The van der Waals surface area contributed by atoms with Crippen LogP contribution < -0.4 is 11.5 Å². The van der Waals surface area contributed by atoms with Crippen LogP contribution in [0.25, 0.3) is 0 Å². The molecule has 0 saturated carbocycles. The summed E-state index contributed by atoms with van der Waals surface area (Å²) in [5.41, 5.74) is 10.9. The Balaban J connectivity index is 0.000000200. The molecule has 102 valence electrons. The molecule has 2 amide bonds. The standard InChI is InChI=1S/C8H9NO2.C4H5NO3/c9-8(10)11-6-7-4-2-1-3-5-7;5-4(6)3-1-7-8-2-3/h1-5H,6H2,(H2,9,10);1H,2H2,(H2,5,6). The molecule has 0 bridgehead atoms. The summed E-state index contributed by atoms with van der Waals surface area (Å²) < 4.78 is 4.57. The van der Waals surface area contributed by atoms with Crippen LogP contribution in [0.3, 0.4) is 0 Å². The Morgan fingerprint density at radius 2 is 1.89 bits per heavy atom. The monoisotopic (exact) mass is 266 g/mol. The van der Waals surface area contributed by atoms with E-state index in [9.17, 15) is 9.59 Å². The van der Waals surface area contributed by atoms with Gasteiger partial charge >= 0.3 is 6.09 Å². The highest BCUT2D eigenvalue weighted by Gasteiger charge is 2.11. The van der Waals surface area contributed by atoms with Gasteiger partial charge in [0.25, 0.3) is 0 Å². The predicted octanol–water partition coefficient (Wildman–Crippen LogP) is 0.599. The molecule has 19 heavy (non-hydrogen) atoms. The smallest absolute Gasteiger partial charge is 0.404 e. The van der Waals surface area contributed by atoms with E-state index in [4.69, 9.17) is 11.5 Å². The summed E-state index contributed by atoms with van der Waals surface area (Å²) in [6, 6.07) is 9.37. The minimum atomic E-state index is -0.742. The zero-order valence-corrected chi connectivity index (χ0v) is 10.1. The van der Waals surface area contributed by atoms with Crippen molar-refractivity contribution in [1.82, 2.24) is 0 Å². The van der Waals surface area contributed by atoms with Crippen molar-refractivity contribution in [3.05, 3.63) is 47.7 Å². The third-order valence-corrected chi connectivity index (χ3v) is 2.01. The molecule has 4 N–H and O–H groups in total. The van der Waals surface area contributed by atoms with Crippen molar-refractivity contribution in [1.29, 1.82) is 0 Å². The summed E-state index contributed by atoms with van der Waals surface area (Å²) in [6.07, 6.45) is 0.455. The molecule has 0 unspecified atom stereocenters. The van der Waals surface area contributed by atoms with Gasteiger partial charge in [-0.15, -0.1) is 0 Å². The fraction of sp³-hybridized carbons (Fsp3) is 0.167. The molecule has 7 heteroatoms. The van der Waals surface area contributed by atoms with Crippen molar-refractivity contribution in [3.63, 3.8) is 0 Å². The maximum absolute atomic E-state index is 10.2. The molecule has 0 radical (unpaired) electrons. The number of hydrogen-bond donors (Lipinski definition) is 2. The quantitative estimate of drug-likeness (QED) is 0.777. The Labute approximate surface area is 109 Å². The van der Waals surface area contributed by atoms with Gasteiger partial charge in [-0.1, -0.05) is 30.3 Å². The van der Waals surface area contributed by atoms with Crippen molar-refractivity contribution in [2.24, 2.45) is 11.5 Å². The summed E-state index contributed by atoms with van der Waals surface area (Å²) in [5, 5.41) is 0. The highest BCUT2D eigenvalue weighted by molar-refractivity contribution is 5.92. The maximum Gasteiger partial charge on any atom is 0.404 e. The number of carbonyl (C=O) groups excluding carboxylic acids is 2. The van der Waals surface area contributed by atoms with Gasteiger partial charge in [-0.2, -0.15) is 4.89 Å². The van der Waals surface area contributed by atoms with Crippen LogP contribution in [0.4, 0.5) is 4.79 Å². The first-order valence-corrected chi connectivity index (χ1v) is 5.33.